The van der Waals surface area contributed by atoms with E-state index in [0.717, 1.165) is 5.56 Å². The third-order valence-corrected chi connectivity index (χ3v) is 6.45. The summed E-state index contributed by atoms with van der Waals surface area (Å²) in [6.07, 6.45) is 1.61. The minimum atomic E-state index is -0.626. The molecule has 1 atom stereocenters. The molecule has 0 saturated heterocycles. The Morgan fingerprint density at radius 2 is 1.79 bits per heavy atom. The minimum absolute atomic E-state index is 0.333. The predicted octanol–water partition coefficient (Wildman–Crippen LogP) is 6.23. The Morgan fingerprint density at radius 1 is 1.00 bits per heavy atom. The van der Waals surface area contributed by atoms with Gasteiger partial charge >= 0.3 is 0 Å². The second kappa shape index (κ2) is 9.10. The molecule has 5 rings (SSSR count). The first-order chi connectivity index (χ1) is 16.4. The lowest BCUT2D eigenvalue weighted by Crippen LogP contribution is -2.31. The summed E-state index contributed by atoms with van der Waals surface area (Å²) in [5.74, 6) is 0.997. The van der Waals surface area contributed by atoms with Crippen LogP contribution in [0, 0.1) is 0 Å². The SMILES string of the molecule is CC1=C(C(=O)Nc2ccccn2)C(c2ccc(Cl)c(Cl)c2)n2nc(-c3ccccc3Cl)nc2N1. The van der Waals surface area contributed by atoms with E-state index in [1.54, 1.807) is 47.3 Å². The Balaban J connectivity index is 1.64. The van der Waals surface area contributed by atoms with Crippen LogP contribution >= 0.6 is 34.8 Å². The molecule has 0 saturated carbocycles. The number of anilines is 2. The van der Waals surface area contributed by atoms with Gasteiger partial charge in [-0.3, -0.25) is 4.79 Å². The van der Waals surface area contributed by atoms with E-state index in [1.807, 2.05) is 31.2 Å². The summed E-state index contributed by atoms with van der Waals surface area (Å²) in [6, 6.07) is 17.2. The second-order valence-electron chi connectivity index (χ2n) is 7.59. The van der Waals surface area contributed by atoms with Crippen molar-refractivity contribution in [1.29, 1.82) is 0 Å². The monoisotopic (exact) mass is 510 g/mol. The molecule has 2 N–H and O–H groups in total. The van der Waals surface area contributed by atoms with E-state index in [2.05, 4.69) is 20.6 Å². The molecule has 7 nitrogen and oxygen atoms in total. The third kappa shape index (κ3) is 4.14. The molecule has 1 aliphatic rings. The maximum absolute atomic E-state index is 13.5. The molecule has 2 aromatic carbocycles. The Bertz CT molecular complexity index is 1430. The van der Waals surface area contributed by atoms with Gasteiger partial charge in [0.1, 0.15) is 11.9 Å². The first-order valence-corrected chi connectivity index (χ1v) is 11.4. The van der Waals surface area contributed by atoms with E-state index in [4.69, 9.17) is 39.9 Å². The summed E-state index contributed by atoms with van der Waals surface area (Å²) >= 11 is 18.9. The summed E-state index contributed by atoms with van der Waals surface area (Å²) in [6.45, 7) is 1.81. The predicted molar refractivity (Wildman–Crippen MR) is 134 cm³/mol. The summed E-state index contributed by atoms with van der Waals surface area (Å²) in [7, 11) is 0. The highest BCUT2D eigenvalue weighted by Crippen LogP contribution is 2.39. The number of halogens is 3. The van der Waals surface area contributed by atoms with Gasteiger partial charge in [0.15, 0.2) is 5.82 Å². The molecular weight excluding hydrogens is 495 g/mol. The first-order valence-electron chi connectivity index (χ1n) is 10.3. The molecule has 1 aliphatic heterocycles. The molecule has 0 bridgehead atoms. The molecule has 170 valence electrons. The van der Waals surface area contributed by atoms with Crippen molar-refractivity contribution in [2.75, 3.05) is 10.6 Å². The van der Waals surface area contributed by atoms with Crippen LogP contribution < -0.4 is 10.6 Å². The number of amides is 1. The van der Waals surface area contributed by atoms with Gasteiger partial charge in [0.25, 0.3) is 5.91 Å². The number of rotatable bonds is 4. The molecule has 0 radical (unpaired) electrons. The lowest BCUT2D eigenvalue weighted by atomic mass is 9.95. The zero-order chi connectivity index (χ0) is 23.8. The van der Waals surface area contributed by atoms with E-state index in [1.165, 1.54) is 0 Å². The number of fused-ring (bicyclic) bond motifs is 1. The maximum atomic E-state index is 13.5. The van der Waals surface area contributed by atoms with Crippen LogP contribution in [-0.4, -0.2) is 25.7 Å². The van der Waals surface area contributed by atoms with Crippen LogP contribution in [-0.2, 0) is 4.79 Å². The van der Waals surface area contributed by atoms with Gasteiger partial charge < -0.3 is 10.6 Å². The fourth-order valence-electron chi connectivity index (χ4n) is 3.81. The van der Waals surface area contributed by atoms with Crippen LogP contribution in [0.5, 0.6) is 0 Å². The lowest BCUT2D eigenvalue weighted by molar-refractivity contribution is -0.113. The van der Waals surface area contributed by atoms with Gasteiger partial charge in [-0.2, -0.15) is 4.98 Å². The number of nitrogens with one attached hydrogen (secondary N) is 2. The molecule has 1 amide bonds. The van der Waals surface area contributed by atoms with Gasteiger partial charge in [0.2, 0.25) is 5.95 Å². The summed E-state index contributed by atoms with van der Waals surface area (Å²) in [5, 5.41) is 12.1. The molecule has 3 heterocycles. The summed E-state index contributed by atoms with van der Waals surface area (Å²) < 4.78 is 1.65. The number of nitrogens with zero attached hydrogens (tertiary/aromatic N) is 4. The van der Waals surface area contributed by atoms with Gasteiger partial charge in [-0.25, -0.2) is 9.67 Å². The Kier molecular flexibility index (Phi) is 6.00. The van der Waals surface area contributed by atoms with Crippen LogP contribution in [0.3, 0.4) is 0 Å². The highest BCUT2D eigenvalue weighted by molar-refractivity contribution is 6.42. The van der Waals surface area contributed by atoms with Gasteiger partial charge in [0.05, 0.1) is 20.6 Å². The molecular formula is C24H17Cl3N6O. The molecule has 34 heavy (non-hydrogen) atoms. The zero-order valence-electron chi connectivity index (χ0n) is 17.8. The lowest BCUT2D eigenvalue weighted by Gasteiger charge is -2.28. The fraction of sp³-hybridized carbons (Fsp3) is 0.0833. The highest BCUT2D eigenvalue weighted by Gasteiger charge is 2.35. The van der Waals surface area contributed by atoms with Gasteiger partial charge in [-0.05, 0) is 48.9 Å². The average Bonchev–Trinajstić information content (AvgIpc) is 3.24. The van der Waals surface area contributed by atoms with Crippen molar-refractivity contribution in [3.63, 3.8) is 0 Å². The topological polar surface area (TPSA) is 84.7 Å². The molecule has 0 spiro atoms. The van der Waals surface area contributed by atoms with E-state index in [-0.39, 0.29) is 5.91 Å². The quantitative estimate of drug-likeness (QED) is 0.339. The number of pyridine rings is 1. The van der Waals surface area contributed by atoms with Crippen LogP contribution in [0.25, 0.3) is 11.4 Å². The van der Waals surface area contributed by atoms with Gasteiger partial charge in [-0.15, -0.1) is 5.10 Å². The molecule has 0 aliphatic carbocycles. The van der Waals surface area contributed by atoms with E-state index < -0.39 is 6.04 Å². The Labute approximate surface area is 210 Å². The largest absolute Gasteiger partial charge is 0.328 e. The number of carbonyl (C=O) groups excluding carboxylic acids is 1. The van der Waals surface area contributed by atoms with Crippen molar-refractivity contribution in [2.45, 2.75) is 13.0 Å². The van der Waals surface area contributed by atoms with Crippen molar-refractivity contribution in [1.82, 2.24) is 19.7 Å². The summed E-state index contributed by atoms with van der Waals surface area (Å²) in [5.41, 5.74) is 2.46. The number of carbonyl (C=O) groups is 1. The Hall–Kier alpha value is -3.39. The molecule has 10 heteroatoms. The fourth-order valence-corrected chi connectivity index (χ4v) is 4.34. The normalized spacial score (nSPS) is 15.0. The molecule has 1 unspecified atom stereocenters. The van der Waals surface area contributed by atoms with Crippen LogP contribution in [0.2, 0.25) is 15.1 Å². The second-order valence-corrected chi connectivity index (χ2v) is 8.81. The van der Waals surface area contributed by atoms with Crippen molar-refractivity contribution < 1.29 is 4.79 Å². The molecule has 0 fully saturated rings. The van der Waals surface area contributed by atoms with Gasteiger partial charge in [0, 0.05) is 17.5 Å². The van der Waals surface area contributed by atoms with E-state index in [0.29, 0.717) is 49.5 Å². The first kappa shape index (κ1) is 22.4. The standard InChI is InChI=1S/C24H17Cl3N6O/c1-13-20(23(34)30-19-8-4-5-11-28-19)21(14-9-10-17(26)18(27)12-14)33-24(29-13)31-22(32-33)15-6-2-3-7-16(15)25/h2-12,21H,1H3,(H,28,30,34)(H,29,31,32). The number of aromatic nitrogens is 4. The van der Waals surface area contributed by atoms with Crippen molar-refractivity contribution >= 4 is 52.5 Å². The maximum Gasteiger partial charge on any atom is 0.257 e. The van der Waals surface area contributed by atoms with Crippen molar-refractivity contribution in [3.05, 3.63) is 98.8 Å². The number of benzene rings is 2. The van der Waals surface area contributed by atoms with E-state index >= 15 is 0 Å². The number of allylic oxidation sites excluding steroid dienone is 1. The third-order valence-electron chi connectivity index (χ3n) is 5.38. The van der Waals surface area contributed by atoms with Gasteiger partial charge in [-0.1, -0.05) is 59.1 Å². The summed E-state index contributed by atoms with van der Waals surface area (Å²) in [4.78, 5) is 22.3. The minimum Gasteiger partial charge on any atom is -0.328 e. The average molecular weight is 512 g/mol. The van der Waals surface area contributed by atoms with Crippen LogP contribution in [0.1, 0.15) is 18.5 Å². The smallest absolute Gasteiger partial charge is 0.257 e. The number of hydrogen-bond donors (Lipinski definition) is 2. The molecule has 2 aromatic heterocycles. The van der Waals surface area contributed by atoms with Crippen LogP contribution in [0.15, 0.2) is 78.1 Å². The van der Waals surface area contributed by atoms with Crippen molar-refractivity contribution in [3.8, 4) is 11.4 Å². The number of hydrogen-bond acceptors (Lipinski definition) is 5. The van der Waals surface area contributed by atoms with Crippen molar-refractivity contribution in [2.24, 2.45) is 0 Å². The Morgan fingerprint density at radius 3 is 2.53 bits per heavy atom. The van der Waals surface area contributed by atoms with E-state index in [9.17, 15) is 4.79 Å². The zero-order valence-corrected chi connectivity index (χ0v) is 20.0. The van der Waals surface area contributed by atoms with Crippen LogP contribution in [0.4, 0.5) is 11.8 Å². The highest BCUT2D eigenvalue weighted by atomic mass is 35.5. The molecule has 4 aromatic rings.